The molecule has 0 saturated carbocycles. The van der Waals surface area contributed by atoms with Crippen LogP contribution in [0.2, 0.25) is 0 Å². The maximum atomic E-state index is 13.7. The van der Waals surface area contributed by atoms with Gasteiger partial charge in [0.05, 0.1) is 18.5 Å². The Kier molecular flexibility index (Phi) is 8.70. The number of carbonyl (C=O) groups excluding carboxylic acids is 3. The lowest BCUT2D eigenvalue weighted by Gasteiger charge is -2.19. The summed E-state index contributed by atoms with van der Waals surface area (Å²) in [7, 11) is 0. The molecule has 9 nitrogen and oxygen atoms in total. The molecule has 1 aromatic heterocycles. The predicted molar refractivity (Wildman–Crippen MR) is 147 cm³/mol. The lowest BCUT2D eigenvalue weighted by Crippen LogP contribution is -2.34. The normalized spacial score (nSPS) is 16.4. The molecule has 1 atom stereocenters. The van der Waals surface area contributed by atoms with E-state index in [4.69, 9.17) is 9.15 Å². The van der Waals surface area contributed by atoms with Crippen LogP contribution in [-0.2, 0) is 20.9 Å². The average molecular weight is 553 g/mol. The fourth-order valence-electron chi connectivity index (χ4n) is 3.67. The van der Waals surface area contributed by atoms with Gasteiger partial charge in [-0.2, -0.15) is 0 Å². The summed E-state index contributed by atoms with van der Waals surface area (Å²) < 4.78 is 24.3. The van der Waals surface area contributed by atoms with Crippen LogP contribution in [0.3, 0.4) is 0 Å². The van der Waals surface area contributed by atoms with Crippen LogP contribution in [0.15, 0.2) is 76.3 Å². The highest BCUT2D eigenvalue weighted by atomic mass is 32.2. The van der Waals surface area contributed by atoms with Gasteiger partial charge in [0.1, 0.15) is 22.4 Å². The fourth-order valence-corrected chi connectivity index (χ4v) is 4.84. The van der Waals surface area contributed by atoms with Crippen LogP contribution in [0.5, 0.6) is 0 Å². The second-order valence-electron chi connectivity index (χ2n) is 9.72. The highest BCUT2D eigenvalue weighted by Crippen LogP contribution is 2.41. The number of hydrogen-bond acceptors (Lipinski definition) is 7. The van der Waals surface area contributed by atoms with Crippen LogP contribution in [0.4, 0.5) is 20.6 Å². The zero-order valence-electron chi connectivity index (χ0n) is 21.8. The molecule has 204 valence electrons. The molecule has 1 aliphatic rings. The summed E-state index contributed by atoms with van der Waals surface area (Å²) in [6, 6.07) is 16.3. The molecular formula is C28H29FN4O5S. The standard InChI is InChI=1S/C28H29FN4O5S/c1-28(2,3)38-27(36)30-14-13-23(34)31-20-11-9-18(10-12-20)24-25(35)33(17-22-8-5-15-37-22)26(39-24)32-21-7-4-6-19(29)16-21/h4-12,15-16,24H,13-14,17H2,1-3H3,(H,30,36)(H,31,34). The number of alkyl carbamates (subject to hydrolysis) is 1. The Bertz CT molecular complexity index is 1350. The van der Waals surface area contributed by atoms with Gasteiger partial charge < -0.3 is 19.8 Å². The van der Waals surface area contributed by atoms with Gasteiger partial charge in [0.15, 0.2) is 5.17 Å². The van der Waals surface area contributed by atoms with Crippen molar-refractivity contribution < 1.29 is 27.9 Å². The van der Waals surface area contributed by atoms with Crippen molar-refractivity contribution in [3.63, 3.8) is 0 Å². The number of rotatable bonds is 8. The first kappa shape index (κ1) is 27.9. The molecule has 0 spiro atoms. The molecule has 39 heavy (non-hydrogen) atoms. The topological polar surface area (TPSA) is 113 Å². The van der Waals surface area contributed by atoms with Crippen molar-refractivity contribution in [3.05, 3.63) is 84.1 Å². The second-order valence-corrected chi connectivity index (χ2v) is 10.8. The van der Waals surface area contributed by atoms with Crippen molar-refractivity contribution in [2.24, 2.45) is 4.99 Å². The number of ether oxygens (including phenoxy) is 1. The minimum atomic E-state index is -0.616. The van der Waals surface area contributed by atoms with E-state index in [1.165, 1.54) is 35.1 Å². The third-order valence-electron chi connectivity index (χ3n) is 5.39. The van der Waals surface area contributed by atoms with E-state index in [0.717, 1.165) is 5.56 Å². The highest BCUT2D eigenvalue weighted by Gasteiger charge is 2.39. The van der Waals surface area contributed by atoms with Crippen LogP contribution < -0.4 is 10.6 Å². The maximum Gasteiger partial charge on any atom is 0.407 e. The molecule has 0 radical (unpaired) electrons. The van der Waals surface area contributed by atoms with Crippen molar-refractivity contribution in [3.8, 4) is 0 Å². The number of nitrogens with one attached hydrogen (secondary N) is 2. The van der Waals surface area contributed by atoms with E-state index in [1.807, 2.05) is 0 Å². The van der Waals surface area contributed by atoms with Crippen LogP contribution in [0.25, 0.3) is 0 Å². The van der Waals surface area contributed by atoms with Gasteiger partial charge in [0.25, 0.3) is 0 Å². The van der Waals surface area contributed by atoms with Crippen molar-refractivity contribution in [1.29, 1.82) is 0 Å². The number of nitrogens with zero attached hydrogens (tertiary/aromatic N) is 2. The van der Waals surface area contributed by atoms with E-state index in [2.05, 4.69) is 15.6 Å². The van der Waals surface area contributed by atoms with Gasteiger partial charge in [-0.15, -0.1) is 0 Å². The van der Waals surface area contributed by atoms with Crippen LogP contribution >= 0.6 is 11.8 Å². The van der Waals surface area contributed by atoms with E-state index in [9.17, 15) is 18.8 Å². The van der Waals surface area contributed by atoms with Gasteiger partial charge in [-0.25, -0.2) is 14.2 Å². The first-order valence-corrected chi connectivity index (χ1v) is 13.2. The van der Waals surface area contributed by atoms with Crippen LogP contribution in [-0.4, -0.2) is 40.1 Å². The minimum absolute atomic E-state index is 0.0690. The Morgan fingerprint density at radius 3 is 2.56 bits per heavy atom. The van der Waals surface area contributed by atoms with Crippen molar-refractivity contribution >= 4 is 46.2 Å². The molecule has 4 rings (SSSR count). The molecule has 0 bridgehead atoms. The average Bonchev–Trinajstić information content (AvgIpc) is 3.48. The number of anilines is 1. The summed E-state index contributed by atoms with van der Waals surface area (Å²) >= 11 is 1.26. The zero-order valence-corrected chi connectivity index (χ0v) is 22.6. The predicted octanol–water partition coefficient (Wildman–Crippen LogP) is 5.78. The Morgan fingerprint density at radius 1 is 1.13 bits per heavy atom. The third kappa shape index (κ3) is 7.93. The SMILES string of the molecule is CC(C)(C)OC(=O)NCCC(=O)Nc1ccc(C2SC(=Nc3cccc(F)c3)N(Cc3ccco3)C2=O)cc1. The summed E-state index contributed by atoms with van der Waals surface area (Å²) in [6.07, 6.45) is 1.02. The molecule has 1 fully saturated rings. The molecule has 11 heteroatoms. The van der Waals surface area contributed by atoms with Crippen LogP contribution in [0, 0.1) is 5.82 Å². The second kappa shape index (κ2) is 12.2. The number of carbonyl (C=O) groups is 3. The Labute approximate surface area is 229 Å². The first-order chi connectivity index (χ1) is 18.6. The van der Waals surface area contributed by atoms with E-state index < -0.39 is 22.8 Å². The van der Waals surface area contributed by atoms with Gasteiger partial charge in [-0.3, -0.25) is 14.5 Å². The van der Waals surface area contributed by atoms with E-state index in [0.29, 0.717) is 22.3 Å². The fraction of sp³-hybridized carbons (Fsp3) is 0.286. The van der Waals surface area contributed by atoms with Gasteiger partial charge in [0.2, 0.25) is 11.8 Å². The summed E-state index contributed by atoms with van der Waals surface area (Å²) in [5, 5.41) is 5.18. The number of thioether (sulfide) groups is 1. The molecular weight excluding hydrogens is 523 g/mol. The molecule has 2 aromatic carbocycles. The largest absolute Gasteiger partial charge is 0.467 e. The maximum absolute atomic E-state index is 13.7. The van der Waals surface area contributed by atoms with Crippen LogP contribution in [0.1, 0.15) is 43.8 Å². The number of amides is 3. The number of amidine groups is 1. The number of aliphatic imine (C=N–C) groups is 1. The molecule has 2 N–H and O–H groups in total. The first-order valence-electron chi connectivity index (χ1n) is 12.3. The molecule has 3 aromatic rings. The highest BCUT2D eigenvalue weighted by molar-refractivity contribution is 8.15. The molecule has 2 heterocycles. The Hall–Kier alpha value is -4.12. The number of benzene rings is 2. The van der Waals surface area contributed by atoms with Gasteiger partial charge in [-0.05, 0) is 68.8 Å². The number of halogens is 1. The molecule has 1 aliphatic heterocycles. The summed E-state index contributed by atoms with van der Waals surface area (Å²) in [5.74, 6) is -0.287. The molecule has 3 amide bonds. The van der Waals surface area contributed by atoms with E-state index in [1.54, 1.807) is 69.3 Å². The Balaban J connectivity index is 1.41. The number of hydrogen-bond donors (Lipinski definition) is 2. The smallest absolute Gasteiger partial charge is 0.407 e. The Morgan fingerprint density at radius 2 is 1.90 bits per heavy atom. The lowest BCUT2D eigenvalue weighted by molar-refractivity contribution is -0.126. The monoisotopic (exact) mass is 552 g/mol. The molecule has 0 aliphatic carbocycles. The molecule has 1 saturated heterocycles. The summed E-state index contributed by atoms with van der Waals surface area (Å²) in [4.78, 5) is 43.5. The van der Waals surface area contributed by atoms with Gasteiger partial charge in [-0.1, -0.05) is 30.0 Å². The number of furan rings is 1. The quantitative estimate of drug-likeness (QED) is 0.367. The van der Waals surface area contributed by atoms with E-state index >= 15 is 0 Å². The van der Waals surface area contributed by atoms with E-state index in [-0.39, 0.29) is 31.3 Å². The zero-order chi connectivity index (χ0) is 28.0. The third-order valence-corrected chi connectivity index (χ3v) is 6.62. The summed E-state index contributed by atoms with van der Waals surface area (Å²) in [5.41, 5.74) is 1.06. The van der Waals surface area contributed by atoms with Crippen molar-refractivity contribution in [1.82, 2.24) is 10.2 Å². The summed E-state index contributed by atoms with van der Waals surface area (Å²) in [6.45, 7) is 5.60. The molecule has 1 unspecified atom stereocenters. The van der Waals surface area contributed by atoms with Gasteiger partial charge >= 0.3 is 6.09 Å². The van der Waals surface area contributed by atoms with Crippen molar-refractivity contribution in [2.45, 2.75) is 44.6 Å². The van der Waals surface area contributed by atoms with Gasteiger partial charge in [0, 0.05) is 18.7 Å². The van der Waals surface area contributed by atoms with Crippen molar-refractivity contribution in [2.75, 3.05) is 11.9 Å². The lowest BCUT2D eigenvalue weighted by atomic mass is 10.1. The minimum Gasteiger partial charge on any atom is -0.467 e.